The Balaban J connectivity index is 2.44. The van der Waals surface area contributed by atoms with Crippen molar-refractivity contribution in [3.8, 4) is 0 Å². The molecule has 2 aromatic rings. The minimum Gasteiger partial charge on any atom is -0.392 e. The summed E-state index contributed by atoms with van der Waals surface area (Å²) in [6.45, 7) is 1.41. The zero-order valence-electron chi connectivity index (χ0n) is 8.79. The molecule has 0 spiro atoms. The van der Waals surface area contributed by atoms with Gasteiger partial charge in [-0.15, -0.1) is 11.3 Å². The number of aromatic nitrogens is 2. The highest BCUT2D eigenvalue weighted by Gasteiger charge is 2.24. The van der Waals surface area contributed by atoms with E-state index in [1.807, 2.05) is 0 Å². The molecular weight excluding hydrogens is 286 g/mol. The number of nitrogens with one attached hydrogen (secondary N) is 1. The average Bonchev–Trinajstić information content (AvgIpc) is 2.73. The summed E-state index contributed by atoms with van der Waals surface area (Å²) >= 11 is 7.09. The first-order chi connectivity index (χ1) is 7.92. The van der Waals surface area contributed by atoms with Crippen LogP contribution in [0.5, 0.6) is 0 Å². The number of fused-ring (bicyclic) bond motifs is 1. The fraction of sp³-hybridized carbons (Fsp3) is 0.375. The average molecular weight is 296 g/mol. The normalized spacial score (nSPS) is 14.3. The van der Waals surface area contributed by atoms with E-state index in [0.717, 1.165) is 0 Å². The lowest BCUT2D eigenvalue weighted by Crippen LogP contribution is -2.31. The molecule has 2 aromatic heterocycles. The molecule has 0 aliphatic heterocycles. The van der Waals surface area contributed by atoms with E-state index in [9.17, 15) is 8.42 Å². The van der Waals surface area contributed by atoms with Crippen molar-refractivity contribution in [3.05, 3.63) is 16.7 Å². The van der Waals surface area contributed by atoms with Crippen molar-refractivity contribution >= 4 is 37.9 Å². The summed E-state index contributed by atoms with van der Waals surface area (Å²) in [6.07, 6.45) is 0.810. The minimum atomic E-state index is -3.77. The predicted molar refractivity (Wildman–Crippen MR) is 64.9 cm³/mol. The first kappa shape index (κ1) is 12.8. The summed E-state index contributed by atoms with van der Waals surface area (Å²) in [5.74, 6) is 0. The van der Waals surface area contributed by atoms with E-state index in [4.69, 9.17) is 16.7 Å². The molecule has 2 heterocycles. The Kier molecular flexibility index (Phi) is 3.41. The molecule has 17 heavy (non-hydrogen) atoms. The minimum absolute atomic E-state index is 0.0734. The molecule has 0 saturated carbocycles. The van der Waals surface area contributed by atoms with Crippen LogP contribution in [0.2, 0.25) is 5.15 Å². The van der Waals surface area contributed by atoms with Gasteiger partial charge in [0.15, 0.2) is 15.1 Å². The highest BCUT2D eigenvalue weighted by Crippen LogP contribution is 2.24. The Labute approximate surface area is 107 Å². The van der Waals surface area contributed by atoms with Crippen LogP contribution < -0.4 is 4.72 Å². The third-order valence-electron chi connectivity index (χ3n) is 2.00. The van der Waals surface area contributed by atoms with Crippen LogP contribution in [-0.2, 0) is 10.0 Å². The molecule has 0 aliphatic carbocycles. The predicted octanol–water partition coefficient (Wildman–Crippen LogP) is 0.708. The second-order valence-corrected chi connectivity index (χ2v) is 6.38. The van der Waals surface area contributed by atoms with Crippen LogP contribution in [0.4, 0.5) is 0 Å². The van der Waals surface area contributed by atoms with Crippen LogP contribution in [0.3, 0.4) is 0 Å². The first-order valence-electron chi connectivity index (χ1n) is 4.70. The van der Waals surface area contributed by atoms with E-state index in [2.05, 4.69) is 9.71 Å². The van der Waals surface area contributed by atoms with Crippen molar-refractivity contribution in [2.75, 3.05) is 6.54 Å². The van der Waals surface area contributed by atoms with Crippen molar-refractivity contribution in [2.45, 2.75) is 18.1 Å². The summed E-state index contributed by atoms with van der Waals surface area (Å²) in [7, 11) is -3.77. The summed E-state index contributed by atoms with van der Waals surface area (Å²) in [4.78, 5) is 4.44. The number of imidazole rings is 1. The first-order valence-corrected chi connectivity index (χ1v) is 7.44. The highest BCUT2D eigenvalue weighted by atomic mass is 35.5. The number of hydrogen-bond donors (Lipinski definition) is 2. The van der Waals surface area contributed by atoms with Gasteiger partial charge < -0.3 is 5.11 Å². The zero-order chi connectivity index (χ0) is 12.6. The lowest BCUT2D eigenvalue weighted by Gasteiger charge is -2.07. The van der Waals surface area contributed by atoms with Crippen molar-refractivity contribution < 1.29 is 13.5 Å². The van der Waals surface area contributed by atoms with Gasteiger partial charge in [-0.3, -0.25) is 4.40 Å². The highest BCUT2D eigenvalue weighted by molar-refractivity contribution is 7.89. The van der Waals surface area contributed by atoms with E-state index < -0.39 is 16.1 Å². The maximum absolute atomic E-state index is 12.0. The van der Waals surface area contributed by atoms with Gasteiger partial charge in [-0.25, -0.2) is 18.1 Å². The van der Waals surface area contributed by atoms with Gasteiger partial charge in [-0.1, -0.05) is 11.6 Å². The molecule has 2 N–H and O–H groups in total. The number of halogens is 1. The number of sulfonamides is 1. The molecule has 0 saturated heterocycles. The maximum Gasteiger partial charge on any atom is 0.259 e. The second kappa shape index (κ2) is 4.54. The fourth-order valence-corrected chi connectivity index (χ4v) is 3.85. The maximum atomic E-state index is 12.0. The van der Waals surface area contributed by atoms with Crippen molar-refractivity contribution in [1.29, 1.82) is 0 Å². The number of rotatable bonds is 4. The van der Waals surface area contributed by atoms with Crippen LogP contribution in [-0.4, -0.2) is 35.6 Å². The Morgan fingerprint density at radius 2 is 2.41 bits per heavy atom. The molecule has 0 aromatic carbocycles. The van der Waals surface area contributed by atoms with Gasteiger partial charge >= 0.3 is 0 Å². The lowest BCUT2D eigenvalue weighted by molar-refractivity contribution is 0.198. The lowest BCUT2D eigenvalue weighted by atomic mass is 10.4. The monoisotopic (exact) mass is 295 g/mol. The SMILES string of the molecule is CC(O)CNS(=O)(=O)c1c(Cl)nc2sccn12. The summed E-state index contributed by atoms with van der Waals surface area (Å²) < 4.78 is 27.6. The van der Waals surface area contributed by atoms with Crippen molar-refractivity contribution in [3.63, 3.8) is 0 Å². The van der Waals surface area contributed by atoms with Crippen LogP contribution >= 0.6 is 22.9 Å². The van der Waals surface area contributed by atoms with Gasteiger partial charge in [0.05, 0.1) is 6.10 Å². The van der Waals surface area contributed by atoms with Gasteiger partial charge in [0.25, 0.3) is 10.0 Å². The molecule has 2 rings (SSSR count). The second-order valence-electron chi connectivity index (χ2n) is 3.46. The number of thiazole rings is 1. The molecule has 0 fully saturated rings. The van der Waals surface area contributed by atoms with Crippen LogP contribution in [0.1, 0.15) is 6.92 Å². The molecule has 0 radical (unpaired) electrons. The Hall–Kier alpha value is -0.670. The fourth-order valence-electron chi connectivity index (χ4n) is 1.28. The van der Waals surface area contributed by atoms with Crippen molar-refractivity contribution in [2.24, 2.45) is 0 Å². The molecule has 0 bridgehead atoms. The van der Waals surface area contributed by atoms with Crippen LogP contribution in [0.25, 0.3) is 4.96 Å². The molecule has 0 aliphatic rings. The van der Waals surface area contributed by atoms with Crippen LogP contribution in [0.15, 0.2) is 16.6 Å². The van der Waals surface area contributed by atoms with Crippen molar-refractivity contribution in [1.82, 2.24) is 14.1 Å². The quantitative estimate of drug-likeness (QED) is 0.870. The molecule has 1 atom stereocenters. The number of hydrogen-bond acceptors (Lipinski definition) is 5. The van der Waals surface area contributed by atoms with Gasteiger partial charge in [-0.2, -0.15) is 0 Å². The Morgan fingerprint density at radius 3 is 3.06 bits per heavy atom. The summed E-state index contributed by atoms with van der Waals surface area (Å²) in [5.41, 5.74) is 0. The standard InChI is InChI=1S/C8H10ClN3O3S2/c1-5(13)4-10-17(14,15)7-6(9)11-8-12(7)2-3-16-8/h2-3,5,10,13H,4H2,1H3. The van der Waals surface area contributed by atoms with E-state index in [1.165, 1.54) is 22.7 Å². The molecule has 94 valence electrons. The third kappa shape index (κ3) is 2.45. The number of aliphatic hydroxyl groups is 1. The van der Waals surface area contributed by atoms with E-state index in [1.54, 1.807) is 11.6 Å². The number of aliphatic hydroxyl groups excluding tert-OH is 1. The molecule has 9 heteroatoms. The zero-order valence-corrected chi connectivity index (χ0v) is 11.2. The number of nitrogens with zero attached hydrogens (tertiary/aromatic N) is 2. The van der Waals surface area contributed by atoms with E-state index in [-0.39, 0.29) is 16.7 Å². The van der Waals surface area contributed by atoms with Gasteiger partial charge in [0.1, 0.15) is 0 Å². The smallest absolute Gasteiger partial charge is 0.259 e. The van der Waals surface area contributed by atoms with Gasteiger partial charge in [0.2, 0.25) is 0 Å². The third-order valence-corrected chi connectivity index (χ3v) is 4.58. The summed E-state index contributed by atoms with van der Waals surface area (Å²) in [6, 6.07) is 0. The van der Waals surface area contributed by atoms with E-state index >= 15 is 0 Å². The largest absolute Gasteiger partial charge is 0.392 e. The van der Waals surface area contributed by atoms with Crippen LogP contribution in [0, 0.1) is 0 Å². The molecule has 0 amide bonds. The molecular formula is C8H10ClN3O3S2. The Bertz CT molecular complexity index is 632. The summed E-state index contributed by atoms with van der Waals surface area (Å²) in [5, 5.41) is 10.6. The van der Waals surface area contributed by atoms with Gasteiger partial charge in [-0.05, 0) is 6.92 Å². The topological polar surface area (TPSA) is 83.7 Å². The molecule has 1 unspecified atom stereocenters. The van der Waals surface area contributed by atoms with E-state index in [0.29, 0.717) is 4.96 Å². The van der Waals surface area contributed by atoms with Gasteiger partial charge in [0, 0.05) is 18.1 Å². The Morgan fingerprint density at radius 1 is 1.71 bits per heavy atom. The molecule has 6 nitrogen and oxygen atoms in total.